The molecule has 0 bridgehead atoms. The third kappa shape index (κ3) is 4.30. The molecule has 0 amide bonds. The van der Waals surface area contributed by atoms with Crippen LogP contribution in [0.1, 0.15) is 32.2 Å². The van der Waals surface area contributed by atoms with E-state index in [0.717, 1.165) is 36.3 Å². The number of halogens is 1. The summed E-state index contributed by atoms with van der Waals surface area (Å²) in [6.07, 6.45) is 1.00. The standard InChI is InChI=1S/C15H28BrN3O/c1-11(2)15(4,10-17-7-8-20-6)9-13-14(16)12(3)18-19(13)5/h11,17H,7-10H2,1-6H3. The molecule has 20 heavy (non-hydrogen) atoms. The molecule has 0 aliphatic heterocycles. The zero-order valence-corrected chi connectivity index (χ0v) is 15.2. The quantitative estimate of drug-likeness (QED) is 0.736. The number of hydrogen-bond acceptors (Lipinski definition) is 3. The van der Waals surface area contributed by atoms with Crippen LogP contribution in [0.15, 0.2) is 4.47 Å². The summed E-state index contributed by atoms with van der Waals surface area (Å²) >= 11 is 3.67. The molecule has 0 aliphatic carbocycles. The van der Waals surface area contributed by atoms with Crippen LogP contribution in [0.4, 0.5) is 0 Å². The molecular formula is C15H28BrN3O. The van der Waals surface area contributed by atoms with Crippen LogP contribution in [0.25, 0.3) is 0 Å². The first-order valence-corrected chi connectivity index (χ1v) is 7.98. The average molecular weight is 346 g/mol. The summed E-state index contributed by atoms with van der Waals surface area (Å²) < 4.78 is 8.23. The van der Waals surface area contributed by atoms with Gasteiger partial charge in [0.1, 0.15) is 0 Å². The van der Waals surface area contributed by atoms with Gasteiger partial charge in [-0.05, 0) is 40.6 Å². The molecule has 116 valence electrons. The fourth-order valence-corrected chi connectivity index (χ4v) is 2.75. The minimum absolute atomic E-state index is 0.191. The molecule has 4 nitrogen and oxygen atoms in total. The van der Waals surface area contributed by atoms with Crippen molar-refractivity contribution in [2.24, 2.45) is 18.4 Å². The highest BCUT2D eigenvalue weighted by atomic mass is 79.9. The van der Waals surface area contributed by atoms with Crippen LogP contribution >= 0.6 is 15.9 Å². The van der Waals surface area contributed by atoms with Gasteiger partial charge in [-0.3, -0.25) is 4.68 Å². The van der Waals surface area contributed by atoms with Crippen molar-refractivity contribution in [2.75, 3.05) is 26.8 Å². The van der Waals surface area contributed by atoms with Crippen LogP contribution in [0.3, 0.4) is 0 Å². The number of nitrogens with zero attached hydrogens (tertiary/aromatic N) is 2. The summed E-state index contributed by atoms with van der Waals surface area (Å²) in [5.74, 6) is 0.583. The number of hydrogen-bond donors (Lipinski definition) is 1. The van der Waals surface area contributed by atoms with Crippen molar-refractivity contribution in [1.82, 2.24) is 15.1 Å². The molecule has 0 fully saturated rings. The molecule has 1 unspecified atom stereocenters. The molecule has 0 aromatic carbocycles. The second-order valence-electron chi connectivity index (χ2n) is 6.12. The number of nitrogens with one attached hydrogen (secondary N) is 1. The van der Waals surface area contributed by atoms with E-state index in [2.05, 4.69) is 47.1 Å². The highest BCUT2D eigenvalue weighted by molar-refractivity contribution is 9.10. The number of ether oxygens (including phenoxy) is 1. The van der Waals surface area contributed by atoms with Gasteiger partial charge < -0.3 is 10.1 Å². The maximum atomic E-state index is 5.09. The molecule has 0 spiro atoms. The van der Waals surface area contributed by atoms with Gasteiger partial charge in [-0.15, -0.1) is 0 Å². The molecule has 1 rings (SSSR count). The first-order valence-electron chi connectivity index (χ1n) is 7.19. The fourth-order valence-electron chi connectivity index (χ4n) is 2.27. The van der Waals surface area contributed by atoms with E-state index >= 15 is 0 Å². The van der Waals surface area contributed by atoms with Gasteiger partial charge in [0.2, 0.25) is 0 Å². The SMILES string of the molecule is COCCNCC(C)(Cc1c(Br)c(C)nn1C)C(C)C. The van der Waals surface area contributed by atoms with Crippen molar-refractivity contribution in [3.63, 3.8) is 0 Å². The molecule has 5 heteroatoms. The Morgan fingerprint density at radius 3 is 2.55 bits per heavy atom. The average Bonchev–Trinajstić information content (AvgIpc) is 2.61. The molecule has 1 aromatic rings. The molecule has 0 saturated carbocycles. The van der Waals surface area contributed by atoms with Gasteiger partial charge in [0.15, 0.2) is 0 Å². The van der Waals surface area contributed by atoms with Gasteiger partial charge in [-0.1, -0.05) is 20.8 Å². The second-order valence-corrected chi connectivity index (χ2v) is 6.92. The predicted octanol–water partition coefficient (Wildman–Crippen LogP) is 2.93. The number of aryl methyl sites for hydroxylation is 2. The van der Waals surface area contributed by atoms with Crippen molar-refractivity contribution in [3.05, 3.63) is 15.9 Å². The van der Waals surface area contributed by atoms with E-state index in [9.17, 15) is 0 Å². The minimum atomic E-state index is 0.191. The van der Waals surface area contributed by atoms with Crippen molar-refractivity contribution in [3.8, 4) is 0 Å². The Bertz CT molecular complexity index is 431. The van der Waals surface area contributed by atoms with Crippen LogP contribution in [0, 0.1) is 18.3 Å². The van der Waals surface area contributed by atoms with Gasteiger partial charge in [0, 0.05) is 27.2 Å². The van der Waals surface area contributed by atoms with Crippen molar-refractivity contribution in [2.45, 2.75) is 34.1 Å². The maximum Gasteiger partial charge on any atom is 0.0738 e. The third-order valence-corrected chi connectivity index (χ3v) is 5.27. The minimum Gasteiger partial charge on any atom is -0.383 e. The number of aromatic nitrogens is 2. The van der Waals surface area contributed by atoms with E-state index in [0.29, 0.717) is 5.92 Å². The van der Waals surface area contributed by atoms with E-state index in [1.165, 1.54) is 5.69 Å². The predicted molar refractivity (Wildman–Crippen MR) is 87.0 cm³/mol. The molecule has 0 saturated heterocycles. The zero-order valence-electron chi connectivity index (χ0n) is 13.6. The third-order valence-electron chi connectivity index (χ3n) is 4.24. The monoisotopic (exact) mass is 345 g/mol. The first-order chi connectivity index (χ1) is 9.31. The van der Waals surface area contributed by atoms with Crippen LogP contribution in [-0.2, 0) is 18.2 Å². The van der Waals surface area contributed by atoms with E-state index in [4.69, 9.17) is 4.74 Å². The summed E-state index contributed by atoms with van der Waals surface area (Å²) in [6.45, 7) is 11.6. The summed E-state index contributed by atoms with van der Waals surface area (Å²) in [5.41, 5.74) is 2.52. The van der Waals surface area contributed by atoms with Crippen LogP contribution in [-0.4, -0.2) is 36.6 Å². The number of methoxy groups -OCH3 is 1. The van der Waals surface area contributed by atoms with E-state index in [1.807, 2.05) is 18.7 Å². The lowest BCUT2D eigenvalue weighted by atomic mass is 9.75. The Morgan fingerprint density at radius 1 is 1.45 bits per heavy atom. The molecular weight excluding hydrogens is 318 g/mol. The van der Waals surface area contributed by atoms with Crippen molar-refractivity contribution >= 4 is 15.9 Å². The Kier molecular flexibility index (Phi) is 6.69. The summed E-state index contributed by atoms with van der Waals surface area (Å²) in [4.78, 5) is 0. The lowest BCUT2D eigenvalue weighted by Gasteiger charge is -2.34. The van der Waals surface area contributed by atoms with Gasteiger partial charge >= 0.3 is 0 Å². The van der Waals surface area contributed by atoms with Gasteiger partial charge in [-0.2, -0.15) is 5.10 Å². The Labute approximate surface area is 131 Å². The van der Waals surface area contributed by atoms with E-state index in [1.54, 1.807) is 7.11 Å². The van der Waals surface area contributed by atoms with Gasteiger partial charge in [0.25, 0.3) is 0 Å². The lowest BCUT2D eigenvalue weighted by molar-refractivity contribution is 0.173. The largest absolute Gasteiger partial charge is 0.383 e. The fraction of sp³-hybridized carbons (Fsp3) is 0.800. The zero-order chi connectivity index (χ0) is 15.3. The van der Waals surface area contributed by atoms with Crippen molar-refractivity contribution < 1.29 is 4.74 Å². The normalized spacial score (nSPS) is 14.8. The van der Waals surface area contributed by atoms with Gasteiger partial charge in [0.05, 0.1) is 22.5 Å². The first kappa shape index (κ1) is 17.7. The van der Waals surface area contributed by atoms with E-state index < -0.39 is 0 Å². The molecule has 0 radical (unpaired) electrons. The summed E-state index contributed by atoms with van der Waals surface area (Å²) in [6, 6.07) is 0. The molecule has 0 aliphatic rings. The Balaban J connectivity index is 2.80. The molecule has 1 atom stereocenters. The second kappa shape index (κ2) is 7.57. The Morgan fingerprint density at radius 2 is 2.10 bits per heavy atom. The summed E-state index contributed by atoms with van der Waals surface area (Å²) in [5, 5.41) is 8.00. The van der Waals surface area contributed by atoms with Crippen molar-refractivity contribution in [1.29, 1.82) is 0 Å². The smallest absolute Gasteiger partial charge is 0.0738 e. The van der Waals surface area contributed by atoms with Crippen LogP contribution in [0.2, 0.25) is 0 Å². The molecule has 1 aromatic heterocycles. The topological polar surface area (TPSA) is 39.1 Å². The lowest BCUT2D eigenvalue weighted by Crippen LogP contribution is -2.39. The van der Waals surface area contributed by atoms with Crippen LogP contribution < -0.4 is 5.32 Å². The van der Waals surface area contributed by atoms with Gasteiger partial charge in [-0.25, -0.2) is 0 Å². The van der Waals surface area contributed by atoms with Crippen LogP contribution in [0.5, 0.6) is 0 Å². The highest BCUT2D eigenvalue weighted by Crippen LogP contribution is 2.34. The maximum absolute atomic E-state index is 5.09. The molecule has 1 heterocycles. The highest BCUT2D eigenvalue weighted by Gasteiger charge is 2.30. The van der Waals surface area contributed by atoms with E-state index in [-0.39, 0.29) is 5.41 Å². The summed E-state index contributed by atoms with van der Waals surface area (Å²) in [7, 11) is 3.76. The number of rotatable bonds is 8. The molecule has 1 N–H and O–H groups in total. The Hall–Kier alpha value is -0.390.